The molecule has 0 spiro atoms. The number of hydrogen-bond donors (Lipinski definition) is 1. The topological polar surface area (TPSA) is 95.8 Å². The molecule has 2 heterocycles. The highest BCUT2D eigenvalue weighted by atomic mass is 35.5. The highest BCUT2D eigenvalue weighted by molar-refractivity contribution is 7.89. The maximum Gasteiger partial charge on any atom is 0.273 e. The third-order valence-corrected chi connectivity index (χ3v) is 7.11. The fraction of sp³-hybridized carbons (Fsp3) is 0.625. The van der Waals surface area contributed by atoms with Gasteiger partial charge in [-0.05, 0) is 31.9 Å². The molecule has 10 heteroatoms. The quantitative estimate of drug-likeness (QED) is 0.600. The van der Waals surface area contributed by atoms with Gasteiger partial charge in [-0.1, -0.05) is 0 Å². The van der Waals surface area contributed by atoms with Crippen LogP contribution in [-0.4, -0.2) is 67.9 Å². The highest BCUT2D eigenvalue weighted by Crippen LogP contribution is 2.30. The van der Waals surface area contributed by atoms with E-state index in [4.69, 9.17) is 0 Å². The maximum absolute atomic E-state index is 13.0. The number of sulfonamides is 1. The first-order valence-corrected chi connectivity index (χ1v) is 9.95. The number of aryl methyl sites for hydroxylation is 2. The van der Waals surface area contributed by atoms with Gasteiger partial charge in [-0.2, -0.15) is 4.31 Å². The van der Waals surface area contributed by atoms with Gasteiger partial charge in [0.05, 0.1) is 9.82 Å². The molecule has 3 rings (SSSR count). The number of halogens is 1. The van der Waals surface area contributed by atoms with Gasteiger partial charge < -0.3 is 5.32 Å². The van der Waals surface area contributed by atoms with E-state index in [1.807, 2.05) is 0 Å². The number of nitrogens with one attached hydrogen (secondary N) is 1. The lowest BCUT2D eigenvalue weighted by Gasteiger charge is -2.32. The van der Waals surface area contributed by atoms with Crippen LogP contribution < -0.4 is 5.32 Å². The molecule has 1 aromatic carbocycles. The van der Waals surface area contributed by atoms with Gasteiger partial charge in [-0.3, -0.25) is 15.0 Å². The van der Waals surface area contributed by atoms with E-state index in [2.05, 4.69) is 10.2 Å². The average molecular weight is 405 g/mol. The molecule has 0 amide bonds. The molecule has 2 aliphatic heterocycles. The van der Waals surface area contributed by atoms with E-state index in [1.54, 1.807) is 19.9 Å². The summed E-state index contributed by atoms with van der Waals surface area (Å²) in [7, 11) is -3.73. The van der Waals surface area contributed by atoms with Gasteiger partial charge in [-0.15, -0.1) is 12.4 Å². The van der Waals surface area contributed by atoms with Crippen LogP contribution in [-0.2, 0) is 10.0 Å². The molecule has 2 saturated heterocycles. The lowest BCUT2D eigenvalue weighted by Crippen LogP contribution is -2.49. The molecule has 1 N–H and O–H groups in total. The zero-order valence-electron chi connectivity index (χ0n) is 15.0. The number of hydrogen-bond acceptors (Lipinski definition) is 6. The molecular weight excluding hydrogens is 380 g/mol. The van der Waals surface area contributed by atoms with Crippen LogP contribution in [0.2, 0.25) is 0 Å². The molecule has 0 aliphatic carbocycles. The molecule has 0 radical (unpaired) electrons. The Labute approximate surface area is 160 Å². The second-order valence-corrected chi connectivity index (χ2v) is 8.66. The van der Waals surface area contributed by atoms with Crippen molar-refractivity contribution in [2.75, 3.05) is 39.3 Å². The minimum Gasteiger partial charge on any atom is -0.314 e. The van der Waals surface area contributed by atoms with Crippen molar-refractivity contribution in [3.8, 4) is 0 Å². The Bertz CT molecular complexity index is 781. The number of nitro benzene ring substituents is 1. The van der Waals surface area contributed by atoms with E-state index in [-0.39, 0.29) is 29.0 Å². The fourth-order valence-corrected chi connectivity index (χ4v) is 5.43. The SMILES string of the molecule is Cc1cc(C)c(S(=O)(=O)N2CCC(N3CCNCC3)C2)cc1[N+](=O)[O-].Cl. The summed E-state index contributed by atoms with van der Waals surface area (Å²) in [5.41, 5.74) is 0.873. The molecule has 0 aromatic heterocycles. The van der Waals surface area contributed by atoms with Gasteiger partial charge in [-0.25, -0.2) is 8.42 Å². The van der Waals surface area contributed by atoms with Crippen LogP contribution in [0.5, 0.6) is 0 Å². The van der Waals surface area contributed by atoms with Crippen LogP contribution in [0.25, 0.3) is 0 Å². The normalized spacial score (nSPS) is 22.2. The Morgan fingerprint density at radius 1 is 1.15 bits per heavy atom. The standard InChI is InChI=1S/C16H24N4O4S.ClH/c1-12-9-13(2)16(10-15(12)20(21)22)25(23,24)19-6-3-14(11-19)18-7-4-17-5-8-18;/h9-10,14,17H,3-8,11H2,1-2H3;1H. The number of piperazine rings is 1. The predicted octanol–water partition coefficient (Wildman–Crippen LogP) is 1.30. The van der Waals surface area contributed by atoms with Crippen LogP contribution in [0.4, 0.5) is 5.69 Å². The van der Waals surface area contributed by atoms with Crippen molar-refractivity contribution >= 4 is 28.1 Å². The first kappa shape index (κ1) is 21.0. The average Bonchev–Trinajstić information content (AvgIpc) is 3.06. The van der Waals surface area contributed by atoms with E-state index < -0.39 is 14.9 Å². The first-order valence-electron chi connectivity index (χ1n) is 8.51. The molecule has 2 aliphatic rings. The van der Waals surface area contributed by atoms with Gasteiger partial charge in [0.1, 0.15) is 0 Å². The highest BCUT2D eigenvalue weighted by Gasteiger charge is 2.37. The minimum atomic E-state index is -3.73. The summed E-state index contributed by atoms with van der Waals surface area (Å²) in [6.07, 6.45) is 0.798. The Hall–Kier alpha value is -1.26. The molecule has 26 heavy (non-hydrogen) atoms. The third kappa shape index (κ3) is 4.01. The molecule has 146 valence electrons. The summed E-state index contributed by atoms with van der Waals surface area (Å²) in [6, 6.07) is 3.00. The monoisotopic (exact) mass is 404 g/mol. The zero-order chi connectivity index (χ0) is 18.2. The second-order valence-electron chi connectivity index (χ2n) is 6.75. The Kier molecular flexibility index (Phi) is 6.62. The summed E-state index contributed by atoms with van der Waals surface area (Å²) in [6.45, 7) is 7.91. The Balaban J connectivity index is 0.00000243. The van der Waals surface area contributed by atoms with Crippen LogP contribution in [0.3, 0.4) is 0 Å². The van der Waals surface area contributed by atoms with Gasteiger partial charge in [0.25, 0.3) is 5.69 Å². The van der Waals surface area contributed by atoms with Crippen molar-refractivity contribution in [2.45, 2.75) is 31.2 Å². The number of rotatable bonds is 4. The van der Waals surface area contributed by atoms with Crippen molar-refractivity contribution in [2.24, 2.45) is 0 Å². The van der Waals surface area contributed by atoms with Crippen LogP contribution >= 0.6 is 12.4 Å². The van der Waals surface area contributed by atoms with Crippen molar-refractivity contribution in [1.29, 1.82) is 0 Å². The predicted molar refractivity (Wildman–Crippen MR) is 101 cm³/mol. The number of nitrogens with zero attached hydrogens (tertiary/aromatic N) is 3. The minimum absolute atomic E-state index is 0. The smallest absolute Gasteiger partial charge is 0.273 e. The number of benzene rings is 1. The van der Waals surface area contributed by atoms with E-state index >= 15 is 0 Å². The molecule has 1 unspecified atom stereocenters. The summed E-state index contributed by atoms with van der Waals surface area (Å²) in [5.74, 6) is 0. The number of nitro groups is 1. The summed E-state index contributed by atoms with van der Waals surface area (Å²) >= 11 is 0. The second kappa shape index (κ2) is 8.18. The lowest BCUT2D eigenvalue weighted by atomic mass is 10.1. The molecule has 8 nitrogen and oxygen atoms in total. The third-order valence-electron chi connectivity index (χ3n) is 5.10. The molecular formula is C16H25ClN4O4S. The van der Waals surface area contributed by atoms with Crippen molar-refractivity contribution in [1.82, 2.24) is 14.5 Å². The molecule has 0 saturated carbocycles. The van der Waals surface area contributed by atoms with Crippen LogP contribution in [0.1, 0.15) is 17.5 Å². The first-order chi connectivity index (χ1) is 11.8. The van der Waals surface area contributed by atoms with Gasteiger partial charge in [0, 0.05) is 56.9 Å². The van der Waals surface area contributed by atoms with E-state index in [0.717, 1.165) is 32.6 Å². The summed E-state index contributed by atoms with van der Waals surface area (Å²) < 4.78 is 27.6. The van der Waals surface area contributed by atoms with Gasteiger partial charge >= 0.3 is 0 Å². The molecule has 1 atom stereocenters. The Morgan fingerprint density at radius 2 is 1.81 bits per heavy atom. The van der Waals surface area contributed by atoms with Gasteiger partial charge in [0.15, 0.2) is 0 Å². The Morgan fingerprint density at radius 3 is 2.42 bits per heavy atom. The molecule has 2 fully saturated rings. The van der Waals surface area contributed by atoms with E-state index in [9.17, 15) is 18.5 Å². The van der Waals surface area contributed by atoms with Gasteiger partial charge in [0.2, 0.25) is 10.0 Å². The van der Waals surface area contributed by atoms with Crippen molar-refractivity contribution in [3.05, 3.63) is 33.4 Å². The largest absolute Gasteiger partial charge is 0.314 e. The van der Waals surface area contributed by atoms with Crippen molar-refractivity contribution in [3.63, 3.8) is 0 Å². The van der Waals surface area contributed by atoms with E-state index in [0.29, 0.717) is 24.2 Å². The summed E-state index contributed by atoms with van der Waals surface area (Å²) in [5, 5.41) is 14.5. The molecule has 0 bridgehead atoms. The van der Waals surface area contributed by atoms with Crippen molar-refractivity contribution < 1.29 is 13.3 Å². The maximum atomic E-state index is 13.0. The fourth-order valence-electron chi connectivity index (χ4n) is 3.71. The lowest BCUT2D eigenvalue weighted by molar-refractivity contribution is -0.385. The van der Waals surface area contributed by atoms with Crippen LogP contribution in [0.15, 0.2) is 17.0 Å². The zero-order valence-corrected chi connectivity index (χ0v) is 16.6. The molecule has 1 aromatic rings. The van der Waals surface area contributed by atoms with E-state index in [1.165, 1.54) is 10.4 Å². The van der Waals surface area contributed by atoms with Crippen LogP contribution in [0, 0.1) is 24.0 Å². The summed E-state index contributed by atoms with van der Waals surface area (Å²) in [4.78, 5) is 13.0.